The summed E-state index contributed by atoms with van der Waals surface area (Å²) >= 11 is 0. The van der Waals surface area contributed by atoms with Crippen molar-refractivity contribution in [3.05, 3.63) is 133 Å². The summed E-state index contributed by atoms with van der Waals surface area (Å²) in [5, 5.41) is 3.43. The smallest absolute Gasteiger partial charge is 0.196 e. The molecule has 1 N–H and O–H groups in total. The maximum Gasteiger partial charge on any atom is 0.196 e. The predicted molar refractivity (Wildman–Crippen MR) is 129 cm³/mol. The molecule has 0 amide bonds. The molecule has 0 saturated carbocycles. The zero-order valence-corrected chi connectivity index (χ0v) is 18.8. The first-order valence-electron chi connectivity index (χ1n) is 10.5. The number of fused-ring (bicyclic) bond motifs is 1. The Bertz CT molecular complexity index is 1980. The summed E-state index contributed by atoms with van der Waals surface area (Å²) in [6.45, 7) is 0. The van der Waals surface area contributed by atoms with Gasteiger partial charge in [0.15, 0.2) is 10.9 Å². The highest BCUT2D eigenvalue weighted by atomic mass is 32.2. The Morgan fingerprint density at radius 3 is 1.86 bits per heavy atom. The van der Waals surface area contributed by atoms with E-state index in [2.05, 4.69) is 15.5 Å². The zero-order valence-electron chi connectivity index (χ0n) is 18.0. The molecule has 0 atom stereocenters. The Kier molecular flexibility index (Phi) is 5.56. The molecule has 5 rings (SSSR count). The van der Waals surface area contributed by atoms with E-state index in [9.17, 15) is 22.6 Å². The predicted octanol–water partition coefficient (Wildman–Crippen LogP) is 2.22. The molecule has 0 radical (unpaired) electrons. The second-order valence-corrected chi connectivity index (χ2v) is 9.04. The van der Waals surface area contributed by atoms with Gasteiger partial charge in [-0.15, -0.1) is 0 Å². The van der Waals surface area contributed by atoms with Gasteiger partial charge in [0.05, 0.1) is 32.1 Å². The Hall–Kier alpha value is -4.47. The van der Waals surface area contributed by atoms with E-state index in [1.807, 2.05) is 0 Å². The van der Waals surface area contributed by atoms with E-state index in [1.165, 1.54) is 12.1 Å². The molecule has 8 nitrogen and oxygen atoms in total. The molecule has 2 aliphatic rings. The van der Waals surface area contributed by atoms with Gasteiger partial charge in [-0.3, -0.25) is 15.0 Å². The van der Waals surface area contributed by atoms with E-state index in [1.54, 1.807) is 72.8 Å². The largest absolute Gasteiger partial charge is 0.744 e. The van der Waals surface area contributed by atoms with Crippen LogP contribution in [-0.2, 0) is 10.1 Å². The van der Waals surface area contributed by atoms with Crippen LogP contribution in [0.25, 0.3) is 10.8 Å². The van der Waals surface area contributed by atoms with Crippen LogP contribution in [0.15, 0.2) is 116 Å². The molecular formula is C26H16N3O5S-. The topological polar surface area (TPSA) is 128 Å². The molecule has 9 heteroatoms. The maximum atomic E-state index is 13.6. The molecule has 35 heavy (non-hydrogen) atoms. The Morgan fingerprint density at radius 2 is 1.26 bits per heavy atom. The minimum atomic E-state index is -5.11. The summed E-state index contributed by atoms with van der Waals surface area (Å²) in [5.41, 5.74) is 2.44. The van der Waals surface area contributed by atoms with Crippen molar-refractivity contribution in [3.8, 4) is 0 Å². The van der Waals surface area contributed by atoms with Crippen LogP contribution in [0.5, 0.6) is 0 Å². The van der Waals surface area contributed by atoms with Crippen molar-refractivity contribution in [2.75, 3.05) is 5.43 Å². The van der Waals surface area contributed by atoms with E-state index in [-0.39, 0.29) is 26.6 Å². The third-order valence-corrected chi connectivity index (χ3v) is 6.31. The van der Waals surface area contributed by atoms with Crippen LogP contribution >= 0.6 is 0 Å². The van der Waals surface area contributed by atoms with Crippen LogP contribution in [-0.4, -0.2) is 13.0 Å². The van der Waals surface area contributed by atoms with Crippen molar-refractivity contribution >= 4 is 32.3 Å². The molecule has 0 spiro atoms. The molecule has 0 fully saturated rings. The van der Waals surface area contributed by atoms with Gasteiger partial charge in [-0.25, -0.2) is 13.4 Å². The van der Waals surface area contributed by atoms with Gasteiger partial charge in [0.25, 0.3) is 0 Å². The summed E-state index contributed by atoms with van der Waals surface area (Å²) in [4.78, 5) is 30.8. The molecule has 0 aliphatic heterocycles. The van der Waals surface area contributed by atoms with Crippen LogP contribution in [0, 0.1) is 10.4 Å². The van der Waals surface area contributed by atoms with E-state index >= 15 is 0 Å². The van der Waals surface area contributed by atoms with Crippen molar-refractivity contribution in [3.63, 3.8) is 0 Å². The number of anilines is 1. The van der Waals surface area contributed by atoms with Gasteiger partial charge < -0.3 is 4.55 Å². The molecule has 2 aliphatic carbocycles. The number of rotatable bonds is 4. The Labute approximate surface area is 198 Å². The minimum Gasteiger partial charge on any atom is -0.744 e. The molecule has 0 heterocycles. The Balaban J connectivity index is 2.07. The van der Waals surface area contributed by atoms with Gasteiger partial charge in [0.1, 0.15) is 15.5 Å². The number of benzene rings is 3. The highest BCUT2D eigenvalue weighted by molar-refractivity contribution is 7.85. The monoisotopic (exact) mass is 482 g/mol. The first kappa shape index (κ1) is 22.3. The van der Waals surface area contributed by atoms with Crippen molar-refractivity contribution in [2.24, 2.45) is 10.1 Å². The van der Waals surface area contributed by atoms with Crippen LogP contribution in [0.3, 0.4) is 0 Å². The highest BCUT2D eigenvalue weighted by Gasteiger charge is 2.17. The lowest BCUT2D eigenvalue weighted by atomic mass is 10.0. The zero-order chi connectivity index (χ0) is 24.6. The normalized spacial score (nSPS) is 12.9. The molecule has 0 unspecified atom stereocenters. The molecule has 0 bridgehead atoms. The lowest BCUT2D eigenvalue weighted by molar-refractivity contribution is 0.461. The van der Waals surface area contributed by atoms with Crippen LogP contribution in [0.2, 0.25) is 0 Å². The molecule has 172 valence electrons. The molecule has 3 aromatic carbocycles. The highest BCUT2D eigenvalue weighted by Crippen LogP contribution is 2.11. The summed E-state index contributed by atoms with van der Waals surface area (Å²) in [5.74, 6) is 0. The summed E-state index contributed by atoms with van der Waals surface area (Å²) < 4.78 is 36.9. The average Bonchev–Trinajstić information content (AvgIpc) is 2.86. The standard InChI is InChI=1S/C26H17N3O5S/c30-25-18-13-7-8-14-19(18)26(31)23-22(25)20(27-16-9-3-1-4-10-16)15-21(35(32,33)34)24(23)29-28-17-11-5-2-6-12-17/h1-15,28H,(H,32,33,34)/p-1. The van der Waals surface area contributed by atoms with Gasteiger partial charge >= 0.3 is 0 Å². The van der Waals surface area contributed by atoms with Crippen molar-refractivity contribution < 1.29 is 13.0 Å². The van der Waals surface area contributed by atoms with E-state index in [0.29, 0.717) is 11.4 Å². The molecule has 0 aromatic heterocycles. The van der Waals surface area contributed by atoms with Crippen LogP contribution in [0.1, 0.15) is 0 Å². The first-order chi connectivity index (χ1) is 16.8. The van der Waals surface area contributed by atoms with Gasteiger partial charge in [-0.2, -0.15) is 5.10 Å². The van der Waals surface area contributed by atoms with Gasteiger partial charge in [0.2, 0.25) is 0 Å². The first-order valence-corrected chi connectivity index (χ1v) is 11.9. The molecule has 3 aromatic rings. The SMILES string of the molecule is O=c1c2c(=Nc3ccccc3)cc(S(=O)(=O)[O-])c(=NNc3ccccc3)c=2c(=O)c2ccccc12. The van der Waals surface area contributed by atoms with E-state index in [4.69, 9.17) is 0 Å². The maximum absolute atomic E-state index is 13.6. The summed E-state index contributed by atoms with van der Waals surface area (Å²) in [7, 11) is -5.11. The van der Waals surface area contributed by atoms with Crippen molar-refractivity contribution in [2.45, 2.75) is 4.90 Å². The molecular weight excluding hydrogens is 466 g/mol. The van der Waals surface area contributed by atoms with E-state index < -0.39 is 31.2 Å². The fraction of sp³-hybridized carbons (Fsp3) is 0. The van der Waals surface area contributed by atoms with Crippen molar-refractivity contribution in [1.29, 1.82) is 0 Å². The quantitative estimate of drug-likeness (QED) is 0.309. The molecule has 0 saturated heterocycles. The fourth-order valence-corrected chi connectivity index (χ4v) is 4.54. The van der Waals surface area contributed by atoms with Gasteiger partial charge in [-0.1, -0.05) is 60.7 Å². The minimum absolute atomic E-state index is 0.0901. The third-order valence-electron chi connectivity index (χ3n) is 5.46. The van der Waals surface area contributed by atoms with Gasteiger partial charge in [-0.05, 0) is 30.3 Å². The number of nitrogens with one attached hydrogen (secondary N) is 1. The summed E-state index contributed by atoms with van der Waals surface area (Å²) in [6, 6.07) is 24.3. The number of nitrogens with zero attached hydrogens (tertiary/aromatic N) is 2. The number of para-hydroxylation sites is 2. The lowest BCUT2D eigenvalue weighted by Crippen LogP contribution is -2.33. The van der Waals surface area contributed by atoms with Crippen LogP contribution < -0.4 is 27.0 Å². The van der Waals surface area contributed by atoms with E-state index in [0.717, 1.165) is 6.07 Å². The third kappa shape index (κ3) is 4.14. The lowest BCUT2D eigenvalue weighted by Gasteiger charge is -2.10. The summed E-state index contributed by atoms with van der Waals surface area (Å²) in [6.07, 6.45) is 0. The van der Waals surface area contributed by atoms with Crippen molar-refractivity contribution in [1.82, 2.24) is 0 Å². The fourth-order valence-electron chi connectivity index (χ4n) is 3.90. The second kappa shape index (κ2) is 8.71. The van der Waals surface area contributed by atoms with Gasteiger partial charge in [0, 0.05) is 10.8 Å². The second-order valence-electron chi connectivity index (χ2n) is 7.69. The van der Waals surface area contributed by atoms with Crippen LogP contribution in [0.4, 0.5) is 11.4 Å². The Morgan fingerprint density at radius 1 is 0.714 bits per heavy atom. The average molecular weight is 482 g/mol. The number of hydrogen-bond acceptors (Lipinski definition) is 8. The number of hydrogen-bond donors (Lipinski definition) is 1.